The number of benzene rings is 3. The Bertz CT molecular complexity index is 2050. The number of carbonyl (C=O) groups excluding carboxylic acids is 1. The topological polar surface area (TPSA) is 132 Å². The van der Waals surface area contributed by atoms with Crippen LogP contribution in [0.1, 0.15) is 10.5 Å². The molecule has 2 aromatic heterocycles. The maximum Gasteiger partial charge on any atom is 0.573 e. The number of carbonyl (C=O) groups is 1. The summed E-state index contributed by atoms with van der Waals surface area (Å²) in [6.45, 7) is 0. The van der Waals surface area contributed by atoms with Gasteiger partial charge in [0.15, 0.2) is 0 Å². The van der Waals surface area contributed by atoms with E-state index in [2.05, 4.69) is 9.72 Å². The summed E-state index contributed by atoms with van der Waals surface area (Å²) in [6.07, 6.45) is -4.98. The molecule has 0 aliphatic carbocycles. The summed E-state index contributed by atoms with van der Waals surface area (Å²) >= 11 is 6.17. The molecule has 0 atom stereocenters. The number of aromatic amines is 1. The molecule has 5 aromatic rings. The second-order valence-electron chi connectivity index (χ2n) is 8.49. The number of alkyl halides is 3. The number of ether oxygens (including phenoxy) is 1. The molecule has 0 unspecified atom stereocenters. The number of amides is 1. The van der Waals surface area contributed by atoms with E-state index in [9.17, 15) is 36.0 Å². The summed E-state index contributed by atoms with van der Waals surface area (Å²) in [6, 6.07) is 13.8. The van der Waals surface area contributed by atoms with Crippen molar-refractivity contribution in [2.45, 2.75) is 11.3 Å². The number of sulfonamides is 1. The van der Waals surface area contributed by atoms with Crippen molar-refractivity contribution in [3.63, 3.8) is 0 Å². The lowest BCUT2D eigenvalue weighted by atomic mass is 10.2. The normalized spacial score (nSPS) is 12.1. The van der Waals surface area contributed by atoms with Gasteiger partial charge in [0.1, 0.15) is 11.4 Å². The largest absolute Gasteiger partial charge is 0.573 e. The van der Waals surface area contributed by atoms with Crippen molar-refractivity contribution in [1.82, 2.24) is 18.8 Å². The van der Waals surface area contributed by atoms with Gasteiger partial charge in [0.05, 0.1) is 27.0 Å². The Morgan fingerprint density at radius 3 is 2.35 bits per heavy atom. The zero-order chi connectivity index (χ0) is 29.0. The van der Waals surface area contributed by atoms with Crippen molar-refractivity contribution in [3.8, 4) is 11.4 Å². The van der Waals surface area contributed by atoms with Gasteiger partial charge in [-0.3, -0.25) is 9.59 Å². The monoisotopic (exact) mass is 592 g/mol. The summed E-state index contributed by atoms with van der Waals surface area (Å²) in [4.78, 5) is 42.1. The molecule has 40 heavy (non-hydrogen) atoms. The fraction of sp³-hybridized carbons (Fsp3) is 0.0800. The van der Waals surface area contributed by atoms with Crippen LogP contribution in [-0.4, -0.2) is 34.8 Å². The molecule has 3 aromatic carbocycles. The number of halogens is 4. The molecule has 5 rings (SSSR count). The standard InChI is InChI=1S/C25H16ClF3N4O6S/c1-32-19-11-6-13(26)12-17(19)20(33-23(35)16-4-2-3-5-18(16)30-24(33)36)21(32)22(34)31-40(37,38)15-9-7-14(8-10-15)39-25(27,28)29/h2-12H,1H3,(H,30,36)(H,31,34). The molecule has 0 fully saturated rings. The fourth-order valence-corrected chi connectivity index (χ4v) is 5.42. The molecule has 0 saturated carbocycles. The fourth-order valence-electron chi connectivity index (χ4n) is 4.30. The number of para-hydroxylation sites is 1. The SMILES string of the molecule is Cn1c(C(=O)NS(=O)(=O)c2ccc(OC(F)(F)F)cc2)c(-n2c(=O)[nH]c3ccccc3c2=O)c2cc(Cl)ccc21. The minimum Gasteiger partial charge on any atom is -0.406 e. The Morgan fingerprint density at radius 2 is 1.68 bits per heavy atom. The number of rotatable bonds is 5. The minimum absolute atomic E-state index is 0.126. The first-order valence-corrected chi connectivity index (χ1v) is 13.1. The molecule has 0 bridgehead atoms. The van der Waals surface area contributed by atoms with E-state index in [-0.39, 0.29) is 32.7 Å². The van der Waals surface area contributed by atoms with E-state index in [1.807, 2.05) is 4.72 Å². The highest BCUT2D eigenvalue weighted by Crippen LogP contribution is 2.31. The smallest absolute Gasteiger partial charge is 0.406 e. The van der Waals surface area contributed by atoms with Crippen molar-refractivity contribution in [3.05, 3.63) is 98.3 Å². The Labute approximate surface area is 227 Å². The van der Waals surface area contributed by atoms with Gasteiger partial charge >= 0.3 is 12.1 Å². The van der Waals surface area contributed by atoms with E-state index in [4.69, 9.17) is 11.6 Å². The van der Waals surface area contributed by atoms with E-state index in [1.54, 1.807) is 12.1 Å². The van der Waals surface area contributed by atoms with Crippen molar-refractivity contribution < 1.29 is 31.1 Å². The molecule has 0 aliphatic rings. The van der Waals surface area contributed by atoms with Crippen molar-refractivity contribution >= 4 is 49.3 Å². The molecule has 0 aliphatic heterocycles. The van der Waals surface area contributed by atoms with Crippen molar-refractivity contribution in [2.75, 3.05) is 0 Å². The molecule has 0 saturated heterocycles. The number of aryl methyl sites for hydroxylation is 1. The third kappa shape index (κ3) is 4.82. The maximum absolute atomic E-state index is 13.5. The molecule has 206 valence electrons. The molecule has 15 heteroatoms. The zero-order valence-corrected chi connectivity index (χ0v) is 21.7. The highest BCUT2D eigenvalue weighted by Gasteiger charge is 2.32. The van der Waals surface area contributed by atoms with Crippen LogP contribution in [0.2, 0.25) is 5.02 Å². The van der Waals surface area contributed by atoms with Gasteiger partial charge in [-0.15, -0.1) is 13.2 Å². The van der Waals surface area contributed by atoms with Crippen LogP contribution in [0.3, 0.4) is 0 Å². The van der Waals surface area contributed by atoms with Gasteiger partial charge in [-0.25, -0.2) is 22.5 Å². The maximum atomic E-state index is 13.5. The first kappa shape index (κ1) is 27.0. The third-order valence-electron chi connectivity index (χ3n) is 5.97. The second-order valence-corrected chi connectivity index (χ2v) is 10.6. The van der Waals surface area contributed by atoms with Gasteiger partial charge < -0.3 is 14.3 Å². The van der Waals surface area contributed by atoms with Gasteiger partial charge in [-0.2, -0.15) is 0 Å². The summed E-state index contributed by atoms with van der Waals surface area (Å²) < 4.78 is 70.9. The molecular weight excluding hydrogens is 577 g/mol. The van der Waals surface area contributed by atoms with E-state index in [1.165, 1.54) is 41.9 Å². The Hall–Kier alpha value is -4.56. The molecule has 2 N–H and O–H groups in total. The quantitative estimate of drug-likeness (QED) is 0.319. The zero-order valence-electron chi connectivity index (χ0n) is 20.1. The molecule has 2 heterocycles. The number of nitrogens with one attached hydrogen (secondary N) is 2. The number of hydrogen-bond donors (Lipinski definition) is 2. The second kappa shape index (κ2) is 9.57. The average molecular weight is 593 g/mol. The summed E-state index contributed by atoms with van der Waals surface area (Å²) in [5.74, 6) is -1.89. The average Bonchev–Trinajstić information content (AvgIpc) is 3.14. The van der Waals surface area contributed by atoms with Crippen LogP contribution >= 0.6 is 11.6 Å². The number of H-pyrrole nitrogens is 1. The van der Waals surface area contributed by atoms with Crippen molar-refractivity contribution in [1.29, 1.82) is 0 Å². The summed E-state index contributed by atoms with van der Waals surface area (Å²) in [5.41, 5.74) is -1.68. The lowest BCUT2D eigenvalue weighted by molar-refractivity contribution is -0.274. The Morgan fingerprint density at radius 1 is 1.00 bits per heavy atom. The first-order chi connectivity index (χ1) is 18.8. The minimum atomic E-state index is -4.98. The molecule has 0 radical (unpaired) electrons. The summed E-state index contributed by atoms with van der Waals surface area (Å²) in [5, 5.41) is 0.542. The van der Waals surface area contributed by atoms with Gasteiger partial charge in [0, 0.05) is 17.5 Å². The molecule has 10 nitrogen and oxygen atoms in total. The van der Waals surface area contributed by atoms with Gasteiger partial charge in [0.25, 0.3) is 21.5 Å². The van der Waals surface area contributed by atoms with E-state index >= 15 is 0 Å². The van der Waals surface area contributed by atoms with Crippen molar-refractivity contribution in [2.24, 2.45) is 7.05 Å². The van der Waals surface area contributed by atoms with Crippen LogP contribution < -0.4 is 20.7 Å². The highest BCUT2D eigenvalue weighted by atomic mass is 35.5. The number of fused-ring (bicyclic) bond motifs is 2. The van der Waals surface area contributed by atoms with E-state index in [0.717, 1.165) is 24.3 Å². The lowest BCUT2D eigenvalue weighted by Gasteiger charge is -2.12. The summed E-state index contributed by atoms with van der Waals surface area (Å²) in [7, 11) is -3.21. The van der Waals surface area contributed by atoms with Gasteiger partial charge in [0.2, 0.25) is 0 Å². The molecule has 0 spiro atoms. The number of nitrogens with zero attached hydrogens (tertiary/aromatic N) is 2. The van der Waals surface area contributed by atoms with Crippen LogP contribution in [0.25, 0.3) is 27.5 Å². The van der Waals surface area contributed by atoms with Crippen LogP contribution in [0, 0.1) is 0 Å². The van der Waals surface area contributed by atoms with Gasteiger partial charge in [-0.05, 0) is 54.6 Å². The first-order valence-electron chi connectivity index (χ1n) is 11.2. The predicted octanol–water partition coefficient (Wildman–Crippen LogP) is 3.84. The predicted molar refractivity (Wildman–Crippen MR) is 139 cm³/mol. The van der Waals surface area contributed by atoms with Crippen LogP contribution in [0.5, 0.6) is 5.75 Å². The van der Waals surface area contributed by atoms with Crippen LogP contribution in [0.15, 0.2) is 81.2 Å². The number of hydrogen-bond acceptors (Lipinski definition) is 6. The van der Waals surface area contributed by atoms with Crippen LogP contribution in [-0.2, 0) is 17.1 Å². The third-order valence-corrected chi connectivity index (χ3v) is 7.56. The van der Waals surface area contributed by atoms with Gasteiger partial charge in [-0.1, -0.05) is 23.7 Å². The Kier molecular flexibility index (Phi) is 6.46. The lowest BCUT2D eigenvalue weighted by Crippen LogP contribution is -2.37. The number of aromatic nitrogens is 3. The van der Waals surface area contributed by atoms with E-state index < -0.39 is 44.2 Å². The molecular formula is C25H16ClF3N4O6S. The molecule has 1 amide bonds. The highest BCUT2D eigenvalue weighted by molar-refractivity contribution is 7.90. The van der Waals surface area contributed by atoms with Crippen LogP contribution in [0.4, 0.5) is 13.2 Å². The Balaban J connectivity index is 1.66. The van der Waals surface area contributed by atoms with E-state index in [0.29, 0.717) is 10.1 Å².